The minimum absolute atomic E-state index is 0.0396. The highest BCUT2D eigenvalue weighted by atomic mass is 32.2. The van der Waals surface area contributed by atoms with E-state index < -0.39 is 16.7 Å². The zero-order chi connectivity index (χ0) is 23.7. The molecule has 2 heterocycles. The van der Waals surface area contributed by atoms with Crippen LogP contribution in [0.25, 0.3) is 21.7 Å². The quantitative estimate of drug-likeness (QED) is 0.389. The molecule has 0 aliphatic heterocycles. The van der Waals surface area contributed by atoms with E-state index in [2.05, 4.69) is 18.2 Å². The molecule has 4 rings (SSSR count). The summed E-state index contributed by atoms with van der Waals surface area (Å²) < 4.78 is 15.8. The summed E-state index contributed by atoms with van der Waals surface area (Å²) >= 11 is -1.27. The third-order valence-corrected chi connectivity index (χ3v) is 7.38. The lowest BCUT2D eigenvalue weighted by atomic mass is 10.0. The molecule has 1 atom stereocenters. The summed E-state index contributed by atoms with van der Waals surface area (Å²) in [5.41, 5.74) is 0.839. The van der Waals surface area contributed by atoms with E-state index in [0.29, 0.717) is 41.2 Å². The second-order valence-corrected chi connectivity index (χ2v) is 10.3. The summed E-state index contributed by atoms with van der Waals surface area (Å²) in [4.78, 5) is 26.2. The summed E-state index contributed by atoms with van der Waals surface area (Å²) in [6.07, 6.45) is 2.25. The van der Waals surface area contributed by atoms with Crippen molar-refractivity contribution in [2.24, 2.45) is 13.0 Å². The van der Waals surface area contributed by atoms with Gasteiger partial charge in [-0.3, -0.25) is 18.5 Å². The fourth-order valence-corrected chi connectivity index (χ4v) is 5.70. The molecule has 0 spiro atoms. The molecule has 7 nitrogen and oxygen atoms in total. The molecule has 174 valence electrons. The van der Waals surface area contributed by atoms with E-state index in [1.165, 1.54) is 7.05 Å². The number of nitrogens with zero attached hydrogens (tertiary/aromatic N) is 3. The van der Waals surface area contributed by atoms with E-state index in [0.717, 1.165) is 20.9 Å². The normalized spacial score (nSPS) is 12.8. The summed E-state index contributed by atoms with van der Waals surface area (Å²) in [6, 6.07) is 14.2. The molecular weight excluding hydrogens is 438 g/mol. The van der Waals surface area contributed by atoms with Crippen molar-refractivity contribution in [1.29, 1.82) is 0 Å². The van der Waals surface area contributed by atoms with Gasteiger partial charge in [-0.15, -0.1) is 0 Å². The van der Waals surface area contributed by atoms with Gasteiger partial charge in [0, 0.05) is 32.8 Å². The minimum Gasteiger partial charge on any atom is -0.396 e. The lowest BCUT2D eigenvalue weighted by Gasteiger charge is -2.11. The Hall–Kier alpha value is -2.81. The first-order valence-electron chi connectivity index (χ1n) is 11.1. The number of hydrogen-bond donors (Lipinski definition) is 2. The Morgan fingerprint density at radius 3 is 2.52 bits per heavy atom. The predicted octanol–water partition coefficient (Wildman–Crippen LogP) is 3.19. The van der Waals surface area contributed by atoms with Crippen LogP contribution in [0.5, 0.6) is 0 Å². The Morgan fingerprint density at radius 1 is 1.06 bits per heavy atom. The summed E-state index contributed by atoms with van der Waals surface area (Å²) in [5, 5.41) is 12.4. The molecule has 1 unspecified atom stereocenters. The fraction of sp³-hybridized carbons (Fsp3) is 0.360. The topological polar surface area (TPSA) is 89.4 Å². The molecule has 2 N–H and O–H groups in total. The van der Waals surface area contributed by atoms with Gasteiger partial charge in [-0.05, 0) is 22.3 Å². The average Bonchev–Trinajstić information content (AvgIpc) is 3.18. The Labute approximate surface area is 195 Å². The van der Waals surface area contributed by atoms with Gasteiger partial charge in [0.15, 0.2) is 5.75 Å². The number of aromatic nitrogens is 3. The van der Waals surface area contributed by atoms with Gasteiger partial charge in [0.05, 0.1) is 12.1 Å². The molecule has 2 aromatic heterocycles. The minimum atomic E-state index is -1.27. The van der Waals surface area contributed by atoms with Gasteiger partial charge in [0.25, 0.3) is 10.6 Å². The van der Waals surface area contributed by atoms with E-state index >= 15 is 0 Å². The Bertz CT molecular complexity index is 1410. The first-order chi connectivity index (χ1) is 15.8. The maximum Gasteiger partial charge on any atom is 0.331 e. The number of fused-ring (bicyclic) bond motifs is 2. The molecule has 0 bridgehead atoms. The molecule has 0 amide bonds. The van der Waals surface area contributed by atoms with Gasteiger partial charge in [0.2, 0.25) is 11.2 Å². The Kier molecular flexibility index (Phi) is 6.78. The molecule has 0 saturated heterocycles. The smallest absolute Gasteiger partial charge is 0.331 e. The Balaban J connectivity index is 1.99. The first kappa shape index (κ1) is 23.4. The van der Waals surface area contributed by atoms with Crippen LogP contribution >= 0.6 is 0 Å². The molecule has 4 aromatic rings. The zero-order valence-corrected chi connectivity index (χ0v) is 20.0. The van der Waals surface area contributed by atoms with Gasteiger partial charge in [-0.1, -0.05) is 56.3 Å². The van der Waals surface area contributed by atoms with Crippen molar-refractivity contribution >= 4 is 32.9 Å². The number of rotatable bonds is 8. The fourth-order valence-electron chi connectivity index (χ4n) is 4.29. The van der Waals surface area contributed by atoms with Crippen LogP contribution in [-0.2, 0) is 31.3 Å². The van der Waals surface area contributed by atoms with Crippen LogP contribution in [0, 0.1) is 5.92 Å². The number of aliphatic hydroxyl groups excluding tert-OH is 1. The van der Waals surface area contributed by atoms with Gasteiger partial charge >= 0.3 is 5.69 Å². The number of aliphatic hydroxyl groups is 1. The van der Waals surface area contributed by atoms with Gasteiger partial charge in [0.1, 0.15) is 5.39 Å². The number of benzene rings is 2. The largest absolute Gasteiger partial charge is 0.396 e. The molecule has 0 radical (unpaired) electrons. The van der Waals surface area contributed by atoms with Crippen molar-refractivity contribution in [2.75, 3.05) is 12.4 Å². The molecule has 0 aliphatic carbocycles. The molecule has 8 heteroatoms. The zero-order valence-electron chi connectivity index (χ0n) is 19.2. The van der Waals surface area contributed by atoms with Crippen molar-refractivity contribution in [3.63, 3.8) is 0 Å². The number of hydrogen-bond acceptors (Lipinski definition) is 4. The van der Waals surface area contributed by atoms with Crippen molar-refractivity contribution in [2.45, 2.75) is 38.4 Å². The molecule has 2 aromatic carbocycles. The van der Waals surface area contributed by atoms with E-state index in [9.17, 15) is 19.2 Å². The highest BCUT2D eigenvalue weighted by Crippen LogP contribution is 2.27. The summed E-state index contributed by atoms with van der Waals surface area (Å²) in [6.45, 7) is 4.93. The summed E-state index contributed by atoms with van der Waals surface area (Å²) in [5.74, 6) is 0.549. The highest BCUT2D eigenvalue weighted by Gasteiger charge is 2.32. The van der Waals surface area contributed by atoms with Crippen molar-refractivity contribution < 1.29 is 9.66 Å². The third-order valence-electron chi connectivity index (χ3n) is 5.82. The maximum absolute atomic E-state index is 13.2. The van der Waals surface area contributed by atoms with Crippen LogP contribution in [0.1, 0.15) is 25.8 Å². The third kappa shape index (κ3) is 4.38. The Morgan fingerprint density at radius 2 is 1.79 bits per heavy atom. The second-order valence-electron chi connectivity index (χ2n) is 8.76. The van der Waals surface area contributed by atoms with Gasteiger partial charge in [-0.25, -0.2) is 4.79 Å². The molecule has 0 fully saturated rings. The van der Waals surface area contributed by atoms with Crippen LogP contribution in [0.4, 0.5) is 0 Å². The van der Waals surface area contributed by atoms with Crippen LogP contribution < -0.4 is 11.2 Å². The monoisotopic (exact) mass is 468 g/mol. The van der Waals surface area contributed by atoms with Gasteiger partial charge in [-0.2, -0.15) is 4.55 Å². The SMILES string of the molecule is CC(C)Cn1c(=O)n(C)c(=O)c2c([S+](O)CCCO)n(Cc3cccc4ccccc34)cc21. The van der Waals surface area contributed by atoms with E-state index in [-0.39, 0.29) is 18.2 Å². The van der Waals surface area contributed by atoms with Crippen LogP contribution in [0.15, 0.2) is 63.3 Å². The molecular formula is C25H30N3O4S+. The maximum atomic E-state index is 13.2. The second kappa shape index (κ2) is 9.59. The lowest BCUT2D eigenvalue weighted by Crippen LogP contribution is -2.39. The molecule has 33 heavy (non-hydrogen) atoms. The van der Waals surface area contributed by atoms with E-state index in [1.54, 1.807) is 4.57 Å². The lowest BCUT2D eigenvalue weighted by molar-refractivity contribution is 0.295. The van der Waals surface area contributed by atoms with Crippen molar-refractivity contribution in [1.82, 2.24) is 13.7 Å². The van der Waals surface area contributed by atoms with Crippen LogP contribution in [0.3, 0.4) is 0 Å². The predicted molar refractivity (Wildman–Crippen MR) is 134 cm³/mol. The standard InChI is InChI=1S/C25H30N3O4S/c1-17(2)14-28-21-16-27(15-19-10-6-9-18-8-4-5-11-20(18)19)24(33(32)13-7-12-29)22(21)23(30)26(3)25(28)31/h4-6,8-11,16-17,29,32H,7,12-15H2,1-3H3/q+1. The van der Waals surface area contributed by atoms with Crippen LogP contribution in [0.2, 0.25) is 0 Å². The van der Waals surface area contributed by atoms with Crippen molar-refractivity contribution in [3.05, 3.63) is 75.1 Å². The first-order valence-corrected chi connectivity index (χ1v) is 12.5. The molecule has 0 aliphatic rings. The van der Waals surface area contributed by atoms with E-state index in [4.69, 9.17) is 0 Å². The highest BCUT2D eigenvalue weighted by molar-refractivity contribution is 7.91. The van der Waals surface area contributed by atoms with Gasteiger partial charge < -0.3 is 5.11 Å². The van der Waals surface area contributed by atoms with Crippen molar-refractivity contribution in [3.8, 4) is 0 Å². The molecule has 0 saturated carbocycles. The van der Waals surface area contributed by atoms with Crippen LogP contribution in [-0.4, -0.2) is 35.7 Å². The van der Waals surface area contributed by atoms with E-state index in [1.807, 2.05) is 48.9 Å². The summed E-state index contributed by atoms with van der Waals surface area (Å²) in [7, 11) is 1.48. The average molecular weight is 469 g/mol.